The number of nitrogens with one attached hydrogen (secondary N) is 1. The molecule has 0 spiro atoms. The lowest BCUT2D eigenvalue weighted by Crippen LogP contribution is -2.16. The monoisotopic (exact) mass is 362 g/mol. The van der Waals surface area contributed by atoms with Crippen LogP contribution < -0.4 is 5.32 Å². The maximum absolute atomic E-state index is 12.5. The van der Waals surface area contributed by atoms with Crippen molar-refractivity contribution in [2.45, 2.75) is 18.3 Å². The summed E-state index contributed by atoms with van der Waals surface area (Å²) in [4.78, 5) is 23.4. The van der Waals surface area contributed by atoms with Crippen LogP contribution in [-0.2, 0) is 11.0 Å². The molecule has 2 rings (SSSR count). The van der Waals surface area contributed by atoms with Gasteiger partial charge in [0.1, 0.15) is 0 Å². The normalized spacial score (nSPS) is 11.3. The van der Waals surface area contributed by atoms with Crippen LogP contribution in [-0.4, -0.2) is 26.6 Å². The van der Waals surface area contributed by atoms with Crippen LogP contribution in [0.4, 0.5) is 19.0 Å². The number of anilines is 1. The fourth-order valence-electron chi connectivity index (χ4n) is 1.48. The molecule has 0 radical (unpaired) electrons. The van der Waals surface area contributed by atoms with Crippen molar-refractivity contribution in [3.8, 4) is 0 Å². The first kappa shape index (κ1) is 17.5. The number of nitrogens with zero attached hydrogens (tertiary/aromatic N) is 3. The summed E-state index contributed by atoms with van der Waals surface area (Å²) < 4.78 is 37.5. The number of hydrogen-bond acceptors (Lipinski definition) is 5. The fraction of sp³-hybridized carbons (Fsp3) is 0.231. The third-order valence-electron chi connectivity index (χ3n) is 2.53. The number of pyridine rings is 1. The van der Waals surface area contributed by atoms with E-state index in [1.165, 1.54) is 0 Å². The van der Waals surface area contributed by atoms with Gasteiger partial charge in [0.2, 0.25) is 5.91 Å². The number of carbonyl (C=O) groups is 1. The number of amides is 1. The van der Waals surface area contributed by atoms with Crippen molar-refractivity contribution < 1.29 is 18.0 Å². The smallest absolute Gasteiger partial charge is 0.309 e. The summed E-state index contributed by atoms with van der Waals surface area (Å²) in [5.74, 6) is -0.632. The van der Waals surface area contributed by atoms with Crippen molar-refractivity contribution in [3.63, 3.8) is 0 Å². The molecule has 2 aromatic rings. The van der Waals surface area contributed by atoms with Crippen LogP contribution in [0.5, 0.6) is 0 Å². The molecule has 0 saturated heterocycles. The molecule has 0 fully saturated rings. The van der Waals surface area contributed by atoms with E-state index in [2.05, 4.69) is 20.3 Å². The quantitative estimate of drug-likeness (QED) is 0.665. The third-order valence-corrected chi connectivity index (χ3v) is 3.68. The molecule has 0 aromatic carbocycles. The first-order valence-electron chi connectivity index (χ1n) is 6.21. The first-order chi connectivity index (χ1) is 10.8. The minimum absolute atomic E-state index is 0.0253. The van der Waals surface area contributed by atoms with Crippen molar-refractivity contribution in [2.75, 3.05) is 11.1 Å². The third kappa shape index (κ3) is 5.07. The number of hydrogen-bond donors (Lipinski definition) is 1. The standard InChI is InChI=1S/C13H10ClF3N4OS/c1-7-2-3-18-12(20-7)23-6-10(22)21-11-9(14)4-8(5-19-11)13(15,16)17/h2-5H,6H2,1H3,(H,19,21,22). The Labute approximate surface area is 138 Å². The molecule has 2 aromatic heterocycles. The van der Waals surface area contributed by atoms with E-state index >= 15 is 0 Å². The molecular weight excluding hydrogens is 353 g/mol. The number of thioether (sulfide) groups is 1. The van der Waals surface area contributed by atoms with Crippen LogP contribution in [0.2, 0.25) is 5.02 Å². The van der Waals surface area contributed by atoms with Crippen LogP contribution in [0.25, 0.3) is 0 Å². The van der Waals surface area contributed by atoms with E-state index in [1.807, 2.05) is 0 Å². The molecule has 122 valence electrons. The number of rotatable bonds is 4. The number of halogens is 4. The minimum atomic E-state index is -4.54. The van der Waals surface area contributed by atoms with Gasteiger partial charge in [-0.2, -0.15) is 13.2 Å². The molecule has 0 atom stereocenters. The van der Waals surface area contributed by atoms with Gasteiger partial charge in [-0.25, -0.2) is 15.0 Å². The lowest BCUT2D eigenvalue weighted by molar-refractivity contribution is -0.137. The Balaban J connectivity index is 1.98. The lowest BCUT2D eigenvalue weighted by Gasteiger charge is -2.09. The second-order valence-electron chi connectivity index (χ2n) is 4.37. The second-order valence-corrected chi connectivity index (χ2v) is 5.72. The summed E-state index contributed by atoms with van der Waals surface area (Å²) >= 11 is 6.80. The molecule has 1 N–H and O–H groups in total. The topological polar surface area (TPSA) is 67.8 Å². The molecule has 0 aliphatic rings. The van der Waals surface area contributed by atoms with Gasteiger partial charge in [-0.15, -0.1) is 0 Å². The van der Waals surface area contributed by atoms with Gasteiger partial charge >= 0.3 is 6.18 Å². The molecule has 0 unspecified atom stereocenters. The lowest BCUT2D eigenvalue weighted by atomic mass is 10.3. The number of carbonyl (C=O) groups excluding carboxylic acids is 1. The number of aryl methyl sites for hydroxylation is 1. The largest absolute Gasteiger partial charge is 0.417 e. The van der Waals surface area contributed by atoms with Gasteiger partial charge in [0.05, 0.1) is 16.3 Å². The Morgan fingerprint density at radius 2 is 2.13 bits per heavy atom. The Morgan fingerprint density at radius 1 is 1.39 bits per heavy atom. The fourth-order valence-corrected chi connectivity index (χ4v) is 2.37. The SMILES string of the molecule is Cc1ccnc(SCC(=O)Nc2ncc(C(F)(F)F)cc2Cl)n1. The maximum Gasteiger partial charge on any atom is 0.417 e. The van der Waals surface area contributed by atoms with E-state index in [-0.39, 0.29) is 16.6 Å². The molecule has 0 saturated carbocycles. The van der Waals surface area contributed by atoms with Crippen LogP contribution in [0.3, 0.4) is 0 Å². The van der Waals surface area contributed by atoms with Crippen molar-refractivity contribution in [3.05, 3.63) is 40.8 Å². The Bertz CT molecular complexity index is 727. The van der Waals surface area contributed by atoms with Crippen LogP contribution in [0.15, 0.2) is 29.7 Å². The van der Waals surface area contributed by atoms with Crippen LogP contribution >= 0.6 is 23.4 Å². The predicted molar refractivity (Wildman–Crippen MR) is 80.4 cm³/mol. The zero-order valence-electron chi connectivity index (χ0n) is 11.7. The number of aromatic nitrogens is 3. The molecule has 2 heterocycles. The molecule has 0 aliphatic heterocycles. The summed E-state index contributed by atoms with van der Waals surface area (Å²) in [6, 6.07) is 2.43. The van der Waals surface area contributed by atoms with Crippen molar-refractivity contribution in [2.24, 2.45) is 0 Å². The molecule has 1 amide bonds. The summed E-state index contributed by atoms with van der Waals surface area (Å²) in [6.45, 7) is 1.79. The summed E-state index contributed by atoms with van der Waals surface area (Å²) in [7, 11) is 0. The van der Waals surface area contributed by atoms with E-state index in [1.54, 1.807) is 19.2 Å². The second kappa shape index (κ2) is 7.14. The molecule has 10 heteroatoms. The van der Waals surface area contributed by atoms with E-state index < -0.39 is 17.6 Å². The number of alkyl halides is 3. The van der Waals surface area contributed by atoms with Crippen molar-refractivity contribution in [1.29, 1.82) is 0 Å². The minimum Gasteiger partial charge on any atom is -0.309 e. The Morgan fingerprint density at radius 3 is 2.74 bits per heavy atom. The Hall–Kier alpha value is -1.87. The molecule has 23 heavy (non-hydrogen) atoms. The molecule has 0 aliphatic carbocycles. The van der Waals surface area contributed by atoms with Gasteiger partial charge in [-0.05, 0) is 19.1 Å². The highest BCUT2D eigenvalue weighted by Gasteiger charge is 2.31. The van der Waals surface area contributed by atoms with Crippen LogP contribution in [0, 0.1) is 6.92 Å². The molecular formula is C13H10ClF3N4OS. The van der Waals surface area contributed by atoms with Gasteiger partial charge in [-0.3, -0.25) is 4.79 Å². The average Bonchev–Trinajstić information content (AvgIpc) is 2.46. The van der Waals surface area contributed by atoms with Crippen molar-refractivity contribution >= 4 is 35.1 Å². The average molecular weight is 363 g/mol. The maximum atomic E-state index is 12.5. The van der Waals surface area contributed by atoms with Crippen LogP contribution in [0.1, 0.15) is 11.3 Å². The zero-order valence-corrected chi connectivity index (χ0v) is 13.3. The van der Waals surface area contributed by atoms with Gasteiger partial charge in [-0.1, -0.05) is 23.4 Å². The summed E-state index contributed by atoms with van der Waals surface area (Å²) in [6.07, 6.45) is -2.37. The van der Waals surface area contributed by atoms with E-state index in [0.29, 0.717) is 17.4 Å². The first-order valence-corrected chi connectivity index (χ1v) is 7.57. The predicted octanol–water partition coefficient (Wildman–Crippen LogP) is 3.58. The molecule has 0 bridgehead atoms. The van der Waals surface area contributed by atoms with Gasteiger partial charge in [0, 0.05) is 18.1 Å². The summed E-state index contributed by atoms with van der Waals surface area (Å²) in [5, 5.41) is 2.48. The summed E-state index contributed by atoms with van der Waals surface area (Å²) in [5.41, 5.74) is -0.224. The van der Waals surface area contributed by atoms with Gasteiger partial charge < -0.3 is 5.32 Å². The van der Waals surface area contributed by atoms with E-state index in [9.17, 15) is 18.0 Å². The van der Waals surface area contributed by atoms with Crippen molar-refractivity contribution in [1.82, 2.24) is 15.0 Å². The molecule has 5 nitrogen and oxygen atoms in total. The Kier molecular flexibility index (Phi) is 5.42. The zero-order chi connectivity index (χ0) is 17.0. The highest BCUT2D eigenvalue weighted by atomic mass is 35.5. The van der Waals surface area contributed by atoms with E-state index in [4.69, 9.17) is 11.6 Å². The van der Waals surface area contributed by atoms with Gasteiger partial charge in [0.15, 0.2) is 11.0 Å². The van der Waals surface area contributed by atoms with E-state index in [0.717, 1.165) is 17.5 Å². The van der Waals surface area contributed by atoms with Gasteiger partial charge in [0.25, 0.3) is 0 Å². The highest BCUT2D eigenvalue weighted by Crippen LogP contribution is 2.32. The highest BCUT2D eigenvalue weighted by molar-refractivity contribution is 7.99.